The van der Waals surface area contributed by atoms with Crippen LogP contribution in [0.5, 0.6) is 5.75 Å². The van der Waals surface area contributed by atoms with E-state index in [1.54, 1.807) is 0 Å². The predicted octanol–water partition coefficient (Wildman–Crippen LogP) is 5.20. The second-order valence-corrected chi connectivity index (χ2v) is 7.98. The summed E-state index contributed by atoms with van der Waals surface area (Å²) in [6, 6.07) is 17.1. The molecule has 4 rings (SSSR count). The van der Waals surface area contributed by atoms with E-state index < -0.39 is 0 Å². The quantitative estimate of drug-likeness (QED) is 0.731. The van der Waals surface area contributed by atoms with Gasteiger partial charge in [0.15, 0.2) is 5.78 Å². The predicted molar refractivity (Wildman–Crippen MR) is 108 cm³/mol. The van der Waals surface area contributed by atoms with Gasteiger partial charge in [-0.15, -0.1) is 0 Å². The summed E-state index contributed by atoms with van der Waals surface area (Å²) >= 11 is 0. The van der Waals surface area contributed by atoms with Crippen molar-refractivity contribution >= 4 is 5.78 Å². The van der Waals surface area contributed by atoms with Gasteiger partial charge >= 0.3 is 0 Å². The first-order valence-electron chi connectivity index (χ1n) is 10.3. The lowest BCUT2D eigenvalue weighted by molar-refractivity contribution is 0.0971. The lowest BCUT2D eigenvalue weighted by Gasteiger charge is -2.35. The molecule has 27 heavy (non-hydrogen) atoms. The molecule has 0 saturated carbocycles. The summed E-state index contributed by atoms with van der Waals surface area (Å²) in [6.45, 7) is 1.17. The molecule has 0 radical (unpaired) electrons. The molecule has 2 aliphatic rings. The normalized spacial score (nSPS) is 21.5. The molecule has 1 heterocycles. The number of Topliss-reactive ketones (excluding diaryl/α,β-unsaturated/α-hetero) is 1. The van der Waals surface area contributed by atoms with Gasteiger partial charge in [-0.2, -0.15) is 0 Å². The van der Waals surface area contributed by atoms with Crippen molar-refractivity contribution < 1.29 is 9.53 Å². The Labute approximate surface area is 162 Å². The van der Waals surface area contributed by atoms with E-state index in [4.69, 9.17) is 4.74 Å². The molecule has 3 nitrogen and oxygen atoms in total. The van der Waals surface area contributed by atoms with Gasteiger partial charge in [-0.1, -0.05) is 36.8 Å². The number of fused-ring (bicyclic) bond motifs is 1. The zero-order chi connectivity index (χ0) is 18.6. The van der Waals surface area contributed by atoms with Crippen molar-refractivity contribution in [2.45, 2.75) is 57.1 Å². The minimum Gasteiger partial charge on any atom is -0.486 e. The van der Waals surface area contributed by atoms with Gasteiger partial charge in [0.1, 0.15) is 11.9 Å². The van der Waals surface area contributed by atoms with Gasteiger partial charge in [0.2, 0.25) is 0 Å². The van der Waals surface area contributed by atoms with Crippen LogP contribution in [0.3, 0.4) is 0 Å². The average molecular weight is 364 g/mol. The molecule has 1 aliphatic carbocycles. The number of hydrogen-bond acceptors (Lipinski definition) is 3. The van der Waals surface area contributed by atoms with Crippen LogP contribution in [0.2, 0.25) is 0 Å². The summed E-state index contributed by atoms with van der Waals surface area (Å²) in [4.78, 5) is 14.6. The number of likely N-dealkylation sites (tertiary alicyclic amines) is 1. The molecule has 1 fully saturated rings. The molecule has 1 aliphatic heterocycles. The number of nitrogens with zero attached hydrogens (tertiary/aromatic N) is 1. The lowest BCUT2D eigenvalue weighted by atomic mass is 9.90. The molecule has 0 amide bonds. The molecular weight excluding hydrogens is 334 g/mol. The zero-order valence-electron chi connectivity index (χ0n) is 16.2. The van der Waals surface area contributed by atoms with Crippen molar-refractivity contribution in [3.05, 3.63) is 65.2 Å². The van der Waals surface area contributed by atoms with Crippen LogP contribution in [0.1, 0.15) is 66.1 Å². The summed E-state index contributed by atoms with van der Waals surface area (Å²) in [5.41, 5.74) is 3.26. The maximum Gasteiger partial charge on any atom is 0.163 e. The zero-order valence-corrected chi connectivity index (χ0v) is 16.2. The fraction of sp³-hybridized carbons (Fsp3) is 0.458. The Hall–Kier alpha value is -2.13. The van der Waals surface area contributed by atoms with Crippen molar-refractivity contribution in [3.8, 4) is 5.75 Å². The molecule has 0 spiro atoms. The van der Waals surface area contributed by atoms with Crippen molar-refractivity contribution in [2.24, 2.45) is 0 Å². The molecule has 3 heteroatoms. The molecule has 2 aromatic rings. The Morgan fingerprint density at radius 1 is 1.07 bits per heavy atom. The maximum atomic E-state index is 12.1. The highest BCUT2D eigenvalue weighted by Crippen LogP contribution is 2.32. The highest BCUT2D eigenvalue weighted by molar-refractivity contribution is 5.98. The van der Waals surface area contributed by atoms with Crippen LogP contribution >= 0.6 is 0 Å². The monoisotopic (exact) mass is 363 g/mol. The van der Waals surface area contributed by atoms with Crippen LogP contribution in [0.15, 0.2) is 48.5 Å². The van der Waals surface area contributed by atoms with Gasteiger partial charge in [0.25, 0.3) is 0 Å². The molecule has 1 saturated heterocycles. The average Bonchev–Trinajstić information content (AvgIpc) is 2.70. The van der Waals surface area contributed by atoms with Crippen molar-refractivity contribution in [2.75, 3.05) is 13.6 Å². The first-order valence-corrected chi connectivity index (χ1v) is 10.3. The van der Waals surface area contributed by atoms with E-state index in [2.05, 4.69) is 48.3 Å². The first-order chi connectivity index (χ1) is 13.2. The topological polar surface area (TPSA) is 29.5 Å². The third-order valence-corrected chi connectivity index (χ3v) is 6.08. The van der Waals surface area contributed by atoms with Crippen molar-refractivity contribution in [1.82, 2.24) is 4.90 Å². The van der Waals surface area contributed by atoms with E-state index in [9.17, 15) is 4.79 Å². The van der Waals surface area contributed by atoms with Crippen LogP contribution in [0, 0.1) is 0 Å². The lowest BCUT2D eigenvalue weighted by Crippen LogP contribution is -2.37. The van der Waals surface area contributed by atoms with Crippen molar-refractivity contribution in [1.29, 1.82) is 0 Å². The van der Waals surface area contributed by atoms with Gasteiger partial charge in [-0.05, 0) is 68.6 Å². The fourth-order valence-electron chi connectivity index (χ4n) is 4.47. The number of piperidine rings is 1. The molecule has 0 aromatic heterocycles. The number of rotatable bonds is 5. The third-order valence-electron chi connectivity index (χ3n) is 6.08. The summed E-state index contributed by atoms with van der Waals surface area (Å²) in [5, 5.41) is 0. The van der Waals surface area contributed by atoms with E-state index in [0.717, 1.165) is 36.1 Å². The van der Waals surface area contributed by atoms with Crippen LogP contribution in [0.4, 0.5) is 0 Å². The van der Waals surface area contributed by atoms with Crippen LogP contribution in [0.25, 0.3) is 0 Å². The van der Waals surface area contributed by atoms with Gasteiger partial charge in [-0.25, -0.2) is 0 Å². The second-order valence-electron chi connectivity index (χ2n) is 7.98. The number of ether oxygens (including phenoxy) is 1. The highest BCUT2D eigenvalue weighted by atomic mass is 16.5. The Balaban J connectivity index is 1.56. The molecule has 0 N–H and O–H groups in total. The summed E-state index contributed by atoms with van der Waals surface area (Å²) in [5.74, 6) is 1.15. The summed E-state index contributed by atoms with van der Waals surface area (Å²) < 4.78 is 6.51. The Bertz CT molecular complexity index is 786. The van der Waals surface area contributed by atoms with Crippen LogP contribution in [-0.2, 0) is 6.42 Å². The minimum atomic E-state index is 0.0362. The summed E-state index contributed by atoms with van der Waals surface area (Å²) in [6.07, 6.45) is 7.46. The minimum absolute atomic E-state index is 0.0362. The molecular formula is C24H29NO2. The van der Waals surface area contributed by atoms with E-state index in [-0.39, 0.29) is 11.9 Å². The number of benzene rings is 2. The van der Waals surface area contributed by atoms with Gasteiger partial charge in [0, 0.05) is 24.4 Å². The molecule has 2 unspecified atom stereocenters. The smallest absolute Gasteiger partial charge is 0.163 e. The van der Waals surface area contributed by atoms with E-state index >= 15 is 0 Å². The van der Waals surface area contributed by atoms with E-state index in [1.807, 2.05) is 12.1 Å². The Kier molecular flexibility index (Phi) is 5.58. The molecule has 142 valence electrons. The van der Waals surface area contributed by atoms with Gasteiger partial charge in [0.05, 0.1) is 0 Å². The van der Waals surface area contributed by atoms with Crippen LogP contribution in [-0.4, -0.2) is 30.3 Å². The first kappa shape index (κ1) is 18.2. The largest absolute Gasteiger partial charge is 0.486 e. The van der Waals surface area contributed by atoms with Gasteiger partial charge < -0.3 is 9.64 Å². The fourth-order valence-corrected chi connectivity index (χ4v) is 4.47. The highest BCUT2D eigenvalue weighted by Gasteiger charge is 2.25. The van der Waals surface area contributed by atoms with Crippen molar-refractivity contribution in [3.63, 3.8) is 0 Å². The number of carbonyl (C=O) groups is 1. The Morgan fingerprint density at radius 3 is 2.74 bits per heavy atom. The molecule has 0 bridgehead atoms. The third kappa shape index (κ3) is 4.24. The van der Waals surface area contributed by atoms with E-state index in [1.165, 1.54) is 31.4 Å². The van der Waals surface area contributed by atoms with Crippen LogP contribution < -0.4 is 4.74 Å². The second kappa shape index (κ2) is 8.26. The number of aryl methyl sites for hydroxylation is 1. The molecule has 2 aromatic carbocycles. The maximum absolute atomic E-state index is 12.1. The van der Waals surface area contributed by atoms with Gasteiger partial charge in [-0.3, -0.25) is 4.79 Å². The Morgan fingerprint density at radius 2 is 1.93 bits per heavy atom. The number of carbonyl (C=O) groups excluding carboxylic acids is 1. The SMILES string of the molecule is CN1CCCCC1CC(Oc1ccc2c(c1)CCCC2=O)c1ccccc1. The summed E-state index contributed by atoms with van der Waals surface area (Å²) in [7, 11) is 2.23. The number of ketones is 1. The molecule has 2 atom stereocenters. The standard InChI is InChI=1S/C24H29NO2/c1-25-15-6-5-11-20(25)17-24(18-8-3-2-4-9-18)27-21-13-14-22-19(16-21)10-7-12-23(22)26/h2-4,8-9,13-14,16,20,24H,5-7,10-12,15,17H2,1H3. The van der Waals surface area contributed by atoms with E-state index in [0.29, 0.717) is 12.5 Å². The number of hydrogen-bond donors (Lipinski definition) is 0.